The molecule has 0 aliphatic carbocycles. The number of ether oxygens (including phenoxy) is 6. The molecule has 1 amide bonds. The van der Waals surface area contributed by atoms with Crippen LogP contribution in [0.5, 0.6) is 5.88 Å². The molecular formula is C44H82N4O8. The van der Waals surface area contributed by atoms with Gasteiger partial charge in [0.25, 0.3) is 0 Å². The zero-order chi connectivity index (χ0) is 42.7. The lowest BCUT2D eigenvalue weighted by Gasteiger charge is -2.25. The maximum absolute atomic E-state index is 11.2. The summed E-state index contributed by atoms with van der Waals surface area (Å²) >= 11 is 0. The molecule has 0 fully saturated rings. The van der Waals surface area contributed by atoms with Crippen LogP contribution in [0.1, 0.15) is 132 Å². The molecule has 12 nitrogen and oxygen atoms in total. The van der Waals surface area contributed by atoms with E-state index in [0.29, 0.717) is 71.7 Å². The molecule has 0 spiro atoms. The Kier molecular flexibility index (Phi) is 43.9. The van der Waals surface area contributed by atoms with Gasteiger partial charge < -0.3 is 34.2 Å². The van der Waals surface area contributed by atoms with Crippen molar-refractivity contribution in [1.29, 1.82) is 0 Å². The van der Waals surface area contributed by atoms with E-state index in [-0.39, 0.29) is 11.6 Å². The Morgan fingerprint density at radius 1 is 0.821 bits per heavy atom. The van der Waals surface area contributed by atoms with Gasteiger partial charge in [0.05, 0.1) is 51.8 Å². The summed E-state index contributed by atoms with van der Waals surface area (Å²) in [7, 11) is 1.71. The number of esters is 1. The number of fused-ring (bicyclic) bond motifs is 1. The largest absolute Gasteiger partial charge is 0.475 e. The van der Waals surface area contributed by atoms with Crippen molar-refractivity contribution in [2.24, 2.45) is 5.73 Å². The van der Waals surface area contributed by atoms with E-state index < -0.39 is 0 Å². The molecule has 0 saturated carbocycles. The molecule has 0 bridgehead atoms. The molecule has 12 heteroatoms. The van der Waals surface area contributed by atoms with Gasteiger partial charge in [-0.1, -0.05) is 79.4 Å². The summed E-state index contributed by atoms with van der Waals surface area (Å²) < 4.78 is 31.0. The van der Waals surface area contributed by atoms with Crippen LogP contribution in [0.2, 0.25) is 0 Å². The molecule has 0 aromatic carbocycles. The van der Waals surface area contributed by atoms with Gasteiger partial charge in [-0.05, 0) is 77.5 Å². The minimum absolute atomic E-state index is 0.0417. The van der Waals surface area contributed by atoms with Crippen LogP contribution in [0, 0.1) is 0 Å². The maximum atomic E-state index is 11.2. The second-order valence-electron chi connectivity index (χ2n) is 12.6. The van der Waals surface area contributed by atoms with E-state index in [4.69, 9.17) is 39.1 Å². The Morgan fingerprint density at radius 3 is 1.93 bits per heavy atom. The van der Waals surface area contributed by atoms with E-state index in [1.54, 1.807) is 18.2 Å². The number of methoxy groups -OCH3 is 1. The molecule has 3 rings (SSSR count). The Hall–Kier alpha value is -3.16. The van der Waals surface area contributed by atoms with E-state index >= 15 is 0 Å². The van der Waals surface area contributed by atoms with Gasteiger partial charge >= 0.3 is 5.97 Å². The third kappa shape index (κ3) is 35.3. The van der Waals surface area contributed by atoms with Gasteiger partial charge in [0, 0.05) is 44.6 Å². The zero-order valence-corrected chi connectivity index (χ0v) is 37.4. The molecule has 3 heterocycles. The molecule has 56 heavy (non-hydrogen) atoms. The first-order valence-corrected chi connectivity index (χ1v) is 21.1. The molecule has 0 unspecified atom stereocenters. The van der Waals surface area contributed by atoms with Gasteiger partial charge in [0.15, 0.2) is 0 Å². The first-order chi connectivity index (χ1) is 27.2. The molecule has 2 aromatic heterocycles. The summed E-state index contributed by atoms with van der Waals surface area (Å²) in [5.41, 5.74) is 7.58. The number of amides is 1. The lowest BCUT2D eigenvalue weighted by molar-refractivity contribution is -0.143. The Balaban J connectivity index is -0.000000799. The first kappa shape index (κ1) is 57.2. The van der Waals surface area contributed by atoms with Crippen LogP contribution in [0.4, 0.5) is 5.82 Å². The highest BCUT2D eigenvalue weighted by atomic mass is 16.6. The number of pyridine rings is 2. The second kappa shape index (κ2) is 43.0. The number of nitrogens with two attached hydrogens (primary N) is 1. The average Bonchev–Trinajstić information content (AvgIpc) is 3.23. The predicted octanol–water partition coefficient (Wildman–Crippen LogP) is 8.81. The summed E-state index contributed by atoms with van der Waals surface area (Å²) in [5.74, 6) is 1.39. The Bertz CT molecular complexity index is 1120. The normalized spacial score (nSPS) is 11.2. The number of aryl methyl sites for hydroxylation is 2. The number of anilines is 1. The maximum Gasteiger partial charge on any atom is 0.305 e. The van der Waals surface area contributed by atoms with Crippen molar-refractivity contribution in [2.75, 3.05) is 78.0 Å². The van der Waals surface area contributed by atoms with Crippen LogP contribution in [0.3, 0.4) is 0 Å². The van der Waals surface area contributed by atoms with E-state index in [1.807, 2.05) is 87.4 Å². The van der Waals surface area contributed by atoms with Crippen LogP contribution in [0.25, 0.3) is 0 Å². The third-order valence-corrected chi connectivity index (χ3v) is 7.36. The zero-order valence-electron chi connectivity index (χ0n) is 37.4. The van der Waals surface area contributed by atoms with E-state index in [0.717, 1.165) is 69.4 Å². The highest BCUT2D eigenvalue weighted by molar-refractivity contribution is 5.75. The molecule has 1 aliphatic heterocycles. The lowest BCUT2D eigenvalue weighted by atomic mass is 10.0. The van der Waals surface area contributed by atoms with Crippen LogP contribution < -0.4 is 15.4 Å². The fourth-order valence-corrected chi connectivity index (χ4v) is 4.53. The fourth-order valence-electron chi connectivity index (χ4n) is 4.53. The Morgan fingerprint density at radius 2 is 1.39 bits per heavy atom. The van der Waals surface area contributed by atoms with Crippen molar-refractivity contribution in [2.45, 2.75) is 139 Å². The van der Waals surface area contributed by atoms with E-state index in [1.165, 1.54) is 18.4 Å². The average molecular weight is 795 g/mol. The van der Waals surface area contributed by atoms with Gasteiger partial charge in [-0.3, -0.25) is 14.5 Å². The van der Waals surface area contributed by atoms with Gasteiger partial charge in [-0.2, -0.15) is 0 Å². The number of nitrogens with zero attached hydrogens (tertiary/aromatic N) is 3. The number of rotatable bonds is 23. The minimum atomic E-state index is -0.0784. The number of carbonyl (C=O) groups is 2. The van der Waals surface area contributed by atoms with Gasteiger partial charge in [-0.25, -0.2) is 9.97 Å². The first-order valence-electron chi connectivity index (χ1n) is 21.1. The molecular weight excluding hydrogens is 713 g/mol. The SMILES string of the molecule is CC.CC.CC.CCOC(=O)CCCCCCCCc1ccc2c(n1)N(C=O)CCC2.COC(C)(C)C.NCCOCCOCCOCCOc1ccccn1. The van der Waals surface area contributed by atoms with Crippen LogP contribution >= 0.6 is 0 Å². The third-order valence-electron chi connectivity index (χ3n) is 7.36. The quantitative estimate of drug-likeness (QED) is 0.0655. The number of unbranched alkanes of at least 4 members (excludes halogenated alkanes) is 5. The number of carbonyl (C=O) groups excluding carboxylic acids is 2. The topological polar surface area (TPSA) is 145 Å². The second-order valence-corrected chi connectivity index (χ2v) is 12.6. The molecule has 326 valence electrons. The summed E-state index contributed by atoms with van der Waals surface area (Å²) in [5, 5.41) is 0. The van der Waals surface area contributed by atoms with Crippen molar-refractivity contribution < 1.29 is 38.0 Å². The number of hydrogen-bond donors (Lipinski definition) is 1. The monoisotopic (exact) mass is 795 g/mol. The van der Waals surface area contributed by atoms with Crippen LogP contribution in [-0.4, -0.2) is 101 Å². The molecule has 0 atom stereocenters. The predicted molar refractivity (Wildman–Crippen MR) is 231 cm³/mol. The standard InChI is InChI=1S/C20H30N2O3.C13H22N2O4.C5H12O.3C2H6/c1-2-25-19(24)12-8-6-4-3-5-7-11-18-14-13-17-10-9-15-22(16-23)20(17)21-18;14-4-6-16-7-8-17-9-10-18-11-12-19-13-3-1-2-5-15-13;1-5(2,3)6-4;3*1-2/h13-14,16H,2-12,15H2,1H3;1-3,5H,4,6-12,14H2;1-4H3;3*1-2H3. The smallest absolute Gasteiger partial charge is 0.305 e. The summed E-state index contributed by atoms with van der Waals surface area (Å²) in [4.78, 5) is 32.8. The minimum Gasteiger partial charge on any atom is -0.475 e. The Labute approximate surface area is 341 Å². The summed E-state index contributed by atoms with van der Waals surface area (Å²) in [6, 6.07) is 9.77. The lowest BCUT2D eigenvalue weighted by Crippen LogP contribution is -2.29. The molecule has 1 aliphatic rings. The van der Waals surface area contributed by atoms with Crippen LogP contribution in [0.15, 0.2) is 36.5 Å². The summed E-state index contributed by atoms with van der Waals surface area (Å²) in [6.07, 6.45) is 12.8. The summed E-state index contributed by atoms with van der Waals surface area (Å²) in [6.45, 7) is 25.5. The highest BCUT2D eigenvalue weighted by Gasteiger charge is 2.18. The number of aromatic nitrogens is 2. The molecule has 0 radical (unpaired) electrons. The van der Waals surface area contributed by atoms with Gasteiger partial charge in [0.1, 0.15) is 12.4 Å². The number of hydrogen-bond acceptors (Lipinski definition) is 11. The van der Waals surface area contributed by atoms with E-state index in [2.05, 4.69) is 17.1 Å². The van der Waals surface area contributed by atoms with Crippen molar-refractivity contribution in [3.05, 3.63) is 47.8 Å². The van der Waals surface area contributed by atoms with Crippen molar-refractivity contribution in [1.82, 2.24) is 9.97 Å². The molecule has 2 N–H and O–H groups in total. The highest BCUT2D eigenvalue weighted by Crippen LogP contribution is 2.24. The van der Waals surface area contributed by atoms with Crippen molar-refractivity contribution >= 4 is 18.2 Å². The fraction of sp³-hybridized carbons (Fsp3) is 0.727. The van der Waals surface area contributed by atoms with Gasteiger partial charge in [0.2, 0.25) is 12.3 Å². The van der Waals surface area contributed by atoms with Gasteiger partial charge in [-0.15, -0.1) is 0 Å². The van der Waals surface area contributed by atoms with Crippen molar-refractivity contribution in [3.8, 4) is 5.88 Å². The van der Waals surface area contributed by atoms with Crippen molar-refractivity contribution in [3.63, 3.8) is 0 Å². The molecule has 0 saturated heterocycles. The molecule has 2 aromatic rings. The van der Waals surface area contributed by atoms with E-state index in [9.17, 15) is 9.59 Å². The van der Waals surface area contributed by atoms with Crippen LogP contribution in [-0.2, 0) is 46.1 Å².